The number of nitrogens with zero attached hydrogens (tertiary/aromatic N) is 6. The monoisotopic (exact) mass is 712 g/mol. The Morgan fingerprint density at radius 1 is 0.620 bits per heavy atom. The summed E-state index contributed by atoms with van der Waals surface area (Å²) in [4.78, 5) is 41.7. The zero-order valence-corrected chi connectivity index (χ0v) is 29.6. The highest BCUT2D eigenvalue weighted by molar-refractivity contribution is 6.39. The largest absolute Gasteiger partial charge is 0.476 e. The van der Waals surface area contributed by atoms with Crippen LogP contribution in [-0.2, 0) is 22.7 Å². The third-order valence-corrected chi connectivity index (χ3v) is 11.2. The maximum Gasteiger partial charge on any atom is 0.219 e. The second-order valence-electron chi connectivity index (χ2n) is 13.4. The average molecular weight is 714 g/mol. The number of aromatic nitrogens is 2. The van der Waals surface area contributed by atoms with Gasteiger partial charge in [-0.25, -0.2) is 9.97 Å². The van der Waals surface area contributed by atoms with Crippen LogP contribution in [0.3, 0.4) is 0 Å². The molecule has 2 fully saturated rings. The molecular weight excluding hydrogens is 675 g/mol. The van der Waals surface area contributed by atoms with Crippen LogP contribution in [0.15, 0.2) is 60.7 Å². The first-order chi connectivity index (χ1) is 24.2. The smallest absolute Gasteiger partial charge is 0.219 e. The molecule has 4 aliphatic rings. The van der Waals surface area contributed by atoms with E-state index in [0.717, 1.165) is 97.1 Å². The van der Waals surface area contributed by atoms with E-state index in [9.17, 15) is 9.59 Å². The fourth-order valence-electron chi connectivity index (χ4n) is 7.23. The van der Waals surface area contributed by atoms with Gasteiger partial charge in [0.1, 0.15) is 13.2 Å². The van der Waals surface area contributed by atoms with Crippen LogP contribution in [0.4, 0.5) is 0 Å². The SMILES string of the molecule is CC(=O)N1CC(N2CCOc3nc(-c4cccc(-c5cccc(-c6ccc7c(n6)OCCN(C6CN(C(C)=O)C6)C7)c5Cl)c4Cl)ccc3C2)C1. The molecule has 0 unspecified atom stereocenters. The third kappa shape index (κ3) is 6.19. The molecule has 8 rings (SSSR count). The first-order valence-corrected chi connectivity index (χ1v) is 17.8. The summed E-state index contributed by atoms with van der Waals surface area (Å²) >= 11 is 14.3. The molecule has 2 aromatic heterocycles. The number of likely N-dealkylation sites (tertiary alicyclic amines) is 2. The summed E-state index contributed by atoms with van der Waals surface area (Å²) in [5.41, 5.74) is 6.63. The van der Waals surface area contributed by atoms with Gasteiger partial charge in [-0.2, -0.15) is 0 Å². The van der Waals surface area contributed by atoms with Gasteiger partial charge in [-0.15, -0.1) is 0 Å². The normalized spacial score (nSPS) is 18.5. The van der Waals surface area contributed by atoms with Crippen LogP contribution >= 0.6 is 23.2 Å². The molecule has 0 spiro atoms. The number of carbonyl (C=O) groups is 2. The molecule has 6 heterocycles. The van der Waals surface area contributed by atoms with Crippen molar-refractivity contribution >= 4 is 35.0 Å². The minimum Gasteiger partial charge on any atom is -0.476 e. The number of halogens is 2. The predicted molar refractivity (Wildman–Crippen MR) is 192 cm³/mol. The van der Waals surface area contributed by atoms with Crippen LogP contribution in [0.5, 0.6) is 11.8 Å². The summed E-state index contributed by atoms with van der Waals surface area (Å²) in [6, 6.07) is 20.5. The Hall–Kier alpha value is -4.22. The lowest BCUT2D eigenvalue weighted by molar-refractivity contribution is -0.137. The van der Waals surface area contributed by atoms with Crippen molar-refractivity contribution in [2.24, 2.45) is 0 Å². The molecule has 0 aliphatic carbocycles. The van der Waals surface area contributed by atoms with Gasteiger partial charge in [0.25, 0.3) is 0 Å². The van der Waals surface area contributed by atoms with Crippen molar-refractivity contribution in [3.63, 3.8) is 0 Å². The third-order valence-electron chi connectivity index (χ3n) is 10.3. The highest BCUT2D eigenvalue weighted by Gasteiger charge is 2.36. The summed E-state index contributed by atoms with van der Waals surface area (Å²) in [7, 11) is 0. The lowest BCUT2D eigenvalue weighted by Crippen LogP contribution is -2.60. The quantitative estimate of drug-likeness (QED) is 0.263. The average Bonchev–Trinajstić information content (AvgIpc) is 3.39. The van der Waals surface area contributed by atoms with Crippen molar-refractivity contribution < 1.29 is 19.1 Å². The zero-order valence-electron chi connectivity index (χ0n) is 28.1. The van der Waals surface area contributed by atoms with Crippen molar-refractivity contribution in [2.75, 3.05) is 52.5 Å². The van der Waals surface area contributed by atoms with Gasteiger partial charge in [0, 0.05) is 112 Å². The molecule has 0 N–H and O–H groups in total. The van der Waals surface area contributed by atoms with Crippen LogP contribution in [0, 0.1) is 0 Å². The Morgan fingerprint density at radius 3 is 1.42 bits per heavy atom. The Labute approximate surface area is 301 Å². The molecule has 4 aromatic rings. The Balaban J connectivity index is 1.03. The van der Waals surface area contributed by atoms with Crippen LogP contribution in [-0.4, -0.2) is 106 Å². The first-order valence-electron chi connectivity index (χ1n) is 17.1. The Morgan fingerprint density at radius 2 is 1.02 bits per heavy atom. The van der Waals surface area contributed by atoms with Crippen molar-refractivity contribution in [2.45, 2.75) is 39.0 Å². The number of ether oxygens (including phenoxy) is 2. The minimum absolute atomic E-state index is 0.118. The summed E-state index contributed by atoms with van der Waals surface area (Å²) in [6.07, 6.45) is 0. The molecule has 12 heteroatoms. The lowest BCUT2D eigenvalue weighted by Gasteiger charge is -2.44. The van der Waals surface area contributed by atoms with Gasteiger partial charge in [0.05, 0.1) is 21.4 Å². The molecule has 0 radical (unpaired) electrons. The number of amides is 2. The second kappa shape index (κ2) is 13.5. The molecule has 50 heavy (non-hydrogen) atoms. The molecule has 2 aromatic carbocycles. The van der Waals surface area contributed by atoms with Gasteiger partial charge in [-0.05, 0) is 12.1 Å². The number of hydrogen-bond acceptors (Lipinski definition) is 8. The number of fused-ring (bicyclic) bond motifs is 2. The van der Waals surface area contributed by atoms with E-state index < -0.39 is 0 Å². The number of carbonyl (C=O) groups excluding carboxylic acids is 2. The minimum atomic E-state index is 0.118. The zero-order chi connectivity index (χ0) is 34.5. The van der Waals surface area contributed by atoms with Crippen LogP contribution in [0.1, 0.15) is 25.0 Å². The number of pyridine rings is 2. The van der Waals surface area contributed by atoms with Gasteiger partial charge in [-0.1, -0.05) is 71.7 Å². The lowest BCUT2D eigenvalue weighted by atomic mass is 9.98. The molecule has 0 saturated carbocycles. The fraction of sp³-hybridized carbons (Fsp3) is 0.368. The van der Waals surface area contributed by atoms with E-state index in [1.165, 1.54) is 0 Å². The number of hydrogen-bond donors (Lipinski definition) is 0. The van der Waals surface area contributed by atoms with E-state index in [4.69, 9.17) is 42.6 Å². The summed E-state index contributed by atoms with van der Waals surface area (Å²) in [5.74, 6) is 1.46. The molecule has 0 bridgehead atoms. The maximum absolute atomic E-state index is 11.7. The number of benzene rings is 2. The number of rotatable bonds is 5. The topological polar surface area (TPSA) is 91.3 Å². The molecule has 258 valence electrons. The summed E-state index contributed by atoms with van der Waals surface area (Å²) < 4.78 is 12.3. The van der Waals surface area contributed by atoms with Crippen molar-refractivity contribution in [1.29, 1.82) is 0 Å². The first kappa shape index (κ1) is 33.0. The van der Waals surface area contributed by atoms with Crippen LogP contribution in [0.25, 0.3) is 33.6 Å². The van der Waals surface area contributed by atoms with Crippen LogP contribution in [0.2, 0.25) is 10.0 Å². The summed E-state index contributed by atoms with van der Waals surface area (Å²) in [5, 5.41) is 1.09. The molecule has 10 nitrogen and oxygen atoms in total. The molecular formula is C38H38Cl2N6O4. The molecule has 2 saturated heterocycles. The molecule has 2 amide bonds. The van der Waals surface area contributed by atoms with E-state index >= 15 is 0 Å². The fourth-order valence-corrected chi connectivity index (χ4v) is 7.88. The van der Waals surface area contributed by atoms with E-state index in [2.05, 4.69) is 21.9 Å². The van der Waals surface area contributed by atoms with E-state index in [-0.39, 0.29) is 11.8 Å². The Bertz CT molecular complexity index is 1840. The molecule has 4 aliphatic heterocycles. The standard InChI is InChI=1S/C38H38Cl2N6O4/c1-23(47)45-19-27(20-45)43-13-15-49-37-25(17-43)9-11-33(41-37)31-7-3-5-29(35(31)39)30-6-4-8-32(36(30)40)34-12-10-26-18-44(14-16-50-38(26)42-34)28-21-46(22-28)24(2)48/h3-12,27-28H,13-22H2,1-2H3. The van der Waals surface area contributed by atoms with Gasteiger partial charge in [-0.3, -0.25) is 19.4 Å². The van der Waals surface area contributed by atoms with Gasteiger partial charge in [0.2, 0.25) is 23.6 Å². The van der Waals surface area contributed by atoms with Crippen molar-refractivity contribution in [1.82, 2.24) is 29.6 Å². The van der Waals surface area contributed by atoms with E-state index in [1.54, 1.807) is 13.8 Å². The van der Waals surface area contributed by atoms with E-state index in [1.807, 2.05) is 58.3 Å². The Kier molecular flexibility index (Phi) is 8.89. The predicted octanol–water partition coefficient (Wildman–Crippen LogP) is 5.63. The second-order valence-corrected chi connectivity index (χ2v) is 14.2. The van der Waals surface area contributed by atoms with Gasteiger partial charge in [0.15, 0.2) is 0 Å². The van der Waals surface area contributed by atoms with Gasteiger partial charge >= 0.3 is 0 Å². The van der Waals surface area contributed by atoms with Gasteiger partial charge < -0.3 is 19.3 Å². The highest BCUT2D eigenvalue weighted by atomic mass is 35.5. The van der Waals surface area contributed by atoms with Crippen LogP contribution < -0.4 is 9.47 Å². The molecule has 0 atom stereocenters. The van der Waals surface area contributed by atoms with Crippen molar-refractivity contribution in [3.05, 3.63) is 81.8 Å². The summed E-state index contributed by atoms with van der Waals surface area (Å²) in [6.45, 7) is 10.3. The van der Waals surface area contributed by atoms with Crippen molar-refractivity contribution in [3.8, 4) is 45.4 Å². The highest BCUT2D eigenvalue weighted by Crippen LogP contribution is 2.43. The van der Waals surface area contributed by atoms with E-state index in [0.29, 0.717) is 47.1 Å². The maximum atomic E-state index is 11.7.